The molecule has 1 atom stereocenters. The van der Waals surface area contributed by atoms with E-state index in [0.29, 0.717) is 12.5 Å². The Balaban J connectivity index is 1.95. The number of anilines is 1. The van der Waals surface area contributed by atoms with Crippen LogP contribution in [0.25, 0.3) is 0 Å². The third kappa shape index (κ3) is 4.07. The second kappa shape index (κ2) is 7.43. The number of ether oxygens (including phenoxy) is 1. The molecule has 20 heavy (non-hydrogen) atoms. The predicted molar refractivity (Wildman–Crippen MR) is 80.3 cm³/mol. The molecule has 0 radical (unpaired) electrons. The van der Waals surface area contributed by atoms with E-state index in [4.69, 9.17) is 4.74 Å². The van der Waals surface area contributed by atoms with Gasteiger partial charge in [-0.15, -0.1) is 0 Å². The minimum absolute atomic E-state index is 0.0107. The molecule has 0 bridgehead atoms. The van der Waals surface area contributed by atoms with Crippen LogP contribution in [0.15, 0.2) is 4.79 Å². The molecule has 2 N–H and O–H groups in total. The zero-order valence-electron chi connectivity index (χ0n) is 12.5. The SMILES string of the molecule is CCCCCc1c(C)nc(NCC2CCCO2)[nH]c1=O. The lowest BCUT2D eigenvalue weighted by atomic mass is 10.1. The Morgan fingerprint density at radius 2 is 2.30 bits per heavy atom. The number of hydrogen-bond acceptors (Lipinski definition) is 4. The molecule has 0 aromatic carbocycles. The Morgan fingerprint density at radius 3 is 2.95 bits per heavy atom. The number of aryl methyl sites for hydroxylation is 1. The fourth-order valence-electron chi connectivity index (χ4n) is 2.56. The van der Waals surface area contributed by atoms with Crippen molar-refractivity contribution in [2.24, 2.45) is 0 Å². The standard InChI is InChI=1S/C15H25N3O2/c1-3-4-5-8-13-11(2)17-15(18-14(13)19)16-10-12-7-6-9-20-12/h12H,3-10H2,1-2H3,(H2,16,17,18,19). The molecule has 1 fully saturated rings. The van der Waals surface area contributed by atoms with Gasteiger partial charge >= 0.3 is 0 Å². The van der Waals surface area contributed by atoms with E-state index >= 15 is 0 Å². The van der Waals surface area contributed by atoms with Crippen LogP contribution in [-0.4, -0.2) is 29.2 Å². The average Bonchev–Trinajstić information content (AvgIpc) is 2.93. The van der Waals surface area contributed by atoms with E-state index in [1.54, 1.807) is 0 Å². The first-order valence-corrected chi connectivity index (χ1v) is 7.66. The lowest BCUT2D eigenvalue weighted by molar-refractivity contribution is 0.120. The lowest BCUT2D eigenvalue weighted by Gasteiger charge is -2.12. The molecule has 1 aromatic rings. The van der Waals surface area contributed by atoms with E-state index in [0.717, 1.165) is 56.4 Å². The number of nitrogens with one attached hydrogen (secondary N) is 2. The number of hydrogen-bond donors (Lipinski definition) is 2. The second-order valence-electron chi connectivity index (χ2n) is 5.45. The van der Waals surface area contributed by atoms with Gasteiger partial charge in [-0.1, -0.05) is 19.8 Å². The maximum Gasteiger partial charge on any atom is 0.255 e. The van der Waals surface area contributed by atoms with Crippen LogP contribution in [0.3, 0.4) is 0 Å². The lowest BCUT2D eigenvalue weighted by Crippen LogP contribution is -2.24. The van der Waals surface area contributed by atoms with E-state index in [9.17, 15) is 4.79 Å². The highest BCUT2D eigenvalue weighted by Crippen LogP contribution is 2.12. The van der Waals surface area contributed by atoms with Crippen molar-refractivity contribution in [3.05, 3.63) is 21.6 Å². The van der Waals surface area contributed by atoms with Crippen molar-refractivity contribution >= 4 is 5.95 Å². The van der Waals surface area contributed by atoms with Crippen molar-refractivity contribution < 1.29 is 4.74 Å². The second-order valence-corrected chi connectivity index (χ2v) is 5.45. The quantitative estimate of drug-likeness (QED) is 0.752. The number of rotatable bonds is 7. The van der Waals surface area contributed by atoms with E-state index in [1.807, 2.05) is 6.92 Å². The topological polar surface area (TPSA) is 67.0 Å². The van der Waals surface area contributed by atoms with Crippen LogP contribution >= 0.6 is 0 Å². The van der Waals surface area contributed by atoms with Crippen molar-refractivity contribution in [1.82, 2.24) is 9.97 Å². The number of aromatic nitrogens is 2. The maximum absolute atomic E-state index is 12.1. The van der Waals surface area contributed by atoms with E-state index < -0.39 is 0 Å². The van der Waals surface area contributed by atoms with E-state index in [2.05, 4.69) is 22.2 Å². The number of unbranched alkanes of at least 4 members (excludes halogenated alkanes) is 2. The number of H-pyrrole nitrogens is 1. The van der Waals surface area contributed by atoms with Gasteiger partial charge in [0, 0.05) is 24.4 Å². The largest absolute Gasteiger partial charge is 0.376 e. The van der Waals surface area contributed by atoms with Crippen LogP contribution < -0.4 is 10.9 Å². The first-order chi connectivity index (χ1) is 9.70. The van der Waals surface area contributed by atoms with Gasteiger partial charge in [-0.3, -0.25) is 9.78 Å². The summed E-state index contributed by atoms with van der Waals surface area (Å²) in [6, 6.07) is 0. The third-order valence-electron chi connectivity index (χ3n) is 3.77. The fraction of sp³-hybridized carbons (Fsp3) is 0.733. The Labute approximate surface area is 120 Å². The smallest absolute Gasteiger partial charge is 0.255 e. The summed E-state index contributed by atoms with van der Waals surface area (Å²) in [7, 11) is 0. The van der Waals surface area contributed by atoms with Gasteiger partial charge in [-0.05, 0) is 32.6 Å². The van der Waals surface area contributed by atoms with Crippen molar-refractivity contribution in [3.8, 4) is 0 Å². The van der Waals surface area contributed by atoms with Crippen molar-refractivity contribution in [2.45, 2.75) is 58.5 Å². The Kier molecular flexibility index (Phi) is 5.59. The molecule has 0 amide bonds. The predicted octanol–water partition coefficient (Wildman–Crippen LogP) is 2.40. The highest BCUT2D eigenvalue weighted by atomic mass is 16.5. The van der Waals surface area contributed by atoms with Gasteiger partial charge in [0.2, 0.25) is 5.95 Å². The zero-order chi connectivity index (χ0) is 14.4. The van der Waals surface area contributed by atoms with Crippen molar-refractivity contribution in [3.63, 3.8) is 0 Å². The molecular weight excluding hydrogens is 254 g/mol. The minimum atomic E-state index is -0.0107. The molecule has 1 aliphatic rings. The molecule has 5 heteroatoms. The highest BCUT2D eigenvalue weighted by Gasteiger charge is 2.15. The van der Waals surface area contributed by atoms with Crippen molar-refractivity contribution in [1.29, 1.82) is 0 Å². The summed E-state index contributed by atoms with van der Waals surface area (Å²) >= 11 is 0. The number of nitrogens with zero attached hydrogens (tertiary/aromatic N) is 1. The molecule has 1 unspecified atom stereocenters. The summed E-state index contributed by atoms with van der Waals surface area (Å²) in [6.07, 6.45) is 6.60. The summed E-state index contributed by atoms with van der Waals surface area (Å²) in [5.74, 6) is 0.558. The normalized spacial score (nSPS) is 18.4. The molecule has 0 saturated carbocycles. The van der Waals surface area contributed by atoms with Gasteiger partial charge < -0.3 is 10.1 Å². The van der Waals surface area contributed by atoms with E-state index in [1.165, 1.54) is 0 Å². The zero-order valence-corrected chi connectivity index (χ0v) is 12.5. The molecule has 0 spiro atoms. The molecule has 2 rings (SSSR count). The highest BCUT2D eigenvalue weighted by molar-refractivity contribution is 5.29. The average molecular weight is 279 g/mol. The third-order valence-corrected chi connectivity index (χ3v) is 3.77. The van der Waals surface area contributed by atoms with Gasteiger partial charge in [0.05, 0.1) is 6.10 Å². The summed E-state index contributed by atoms with van der Waals surface area (Å²) in [5.41, 5.74) is 1.64. The molecule has 1 saturated heterocycles. The molecule has 0 aliphatic carbocycles. The van der Waals surface area contributed by atoms with Crippen molar-refractivity contribution in [2.75, 3.05) is 18.5 Å². The monoisotopic (exact) mass is 279 g/mol. The Bertz CT molecular complexity index is 478. The summed E-state index contributed by atoms with van der Waals surface area (Å²) in [4.78, 5) is 19.4. The summed E-state index contributed by atoms with van der Waals surface area (Å²) < 4.78 is 5.54. The first-order valence-electron chi connectivity index (χ1n) is 7.66. The first kappa shape index (κ1) is 15.0. The molecule has 1 aromatic heterocycles. The van der Waals surface area contributed by atoms with Crippen LogP contribution in [0.5, 0.6) is 0 Å². The Hall–Kier alpha value is -1.36. The Morgan fingerprint density at radius 1 is 1.45 bits per heavy atom. The summed E-state index contributed by atoms with van der Waals surface area (Å²) in [5, 5.41) is 3.17. The van der Waals surface area contributed by atoms with Crippen LogP contribution in [0.2, 0.25) is 0 Å². The maximum atomic E-state index is 12.1. The molecular formula is C15H25N3O2. The van der Waals surface area contributed by atoms with Crippen LogP contribution in [0.1, 0.15) is 50.3 Å². The number of aromatic amines is 1. The van der Waals surface area contributed by atoms with Gasteiger partial charge in [-0.2, -0.15) is 0 Å². The van der Waals surface area contributed by atoms with E-state index in [-0.39, 0.29) is 11.7 Å². The van der Waals surface area contributed by atoms with Gasteiger partial charge in [0.15, 0.2) is 0 Å². The van der Waals surface area contributed by atoms with Crippen LogP contribution in [0, 0.1) is 6.92 Å². The fourth-order valence-corrected chi connectivity index (χ4v) is 2.56. The van der Waals surface area contributed by atoms with Crippen LogP contribution in [-0.2, 0) is 11.2 Å². The molecule has 2 heterocycles. The molecule has 1 aliphatic heterocycles. The van der Waals surface area contributed by atoms with Gasteiger partial charge in [0.25, 0.3) is 5.56 Å². The molecule has 5 nitrogen and oxygen atoms in total. The minimum Gasteiger partial charge on any atom is -0.376 e. The van der Waals surface area contributed by atoms with Crippen LogP contribution in [0.4, 0.5) is 5.95 Å². The molecule has 112 valence electrons. The summed E-state index contributed by atoms with van der Waals surface area (Å²) in [6.45, 7) is 5.62. The van der Waals surface area contributed by atoms with Gasteiger partial charge in [-0.25, -0.2) is 4.98 Å². The van der Waals surface area contributed by atoms with Gasteiger partial charge in [0.1, 0.15) is 0 Å².